The van der Waals surface area contributed by atoms with Crippen molar-refractivity contribution in [3.63, 3.8) is 0 Å². The summed E-state index contributed by atoms with van der Waals surface area (Å²) in [7, 11) is 0. The second kappa shape index (κ2) is 6.37. The van der Waals surface area contributed by atoms with E-state index in [1.54, 1.807) is 0 Å². The molecular formula is C14H25NO4. The maximum absolute atomic E-state index is 11.7. The smallest absolute Gasteiger partial charge is 0.407 e. The first-order chi connectivity index (χ1) is 8.69. The zero-order chi connectivity index (χ0) is 14.6. The fourth-order valence-electron chi connectivity index (χ4n) is 2.09. The highest BCUT2D eigenvalue weighted by atomic mass is 16.6. The average molecular weight is 271 g/mol. The third-order valence-electron chi connectivity index (χ3n) is 3.06. The zero-order valence-corrected chi connectivity index (χ0v) is 12.5. The molecule has 1 rings (SSSR count). The van der Waals surface area contributed by atoms with E-state index in [2.05, 4.69) is 5.32 Å². The van der Waals surface area contributed by atoms with Crippen molar-refractivity contribution in [1.29, 1.82) is 0 Å². The Hall–Kier alpha value is -1.10. The van der Waals surface area contributed by atoms with Crippen LogP contribution in [0.25, 0.3) is 0 Å². The molecule has 0 bridgehead atoms. The largest absolute Gasteiger partial charge is 0.444 e. The van der Waals surface area contributed by atoms with Crippen LogP contribution in [0.1, 0.15) is 47.5 Å². The van der Waals surface area contributed by atoms with Crippen LogP contribution in [0, 0.1) is 5.92 Å². The quantitative estimate of drug-likeness (QED) is 0.855. The molecule has 1 fully saturated rings. The van der Waals surface area contributed by atoms with Gasteiger partial charge < -0.3 is 14.8 Å². The zero-order valence-electron chi connectivity index (χ0n) is 12.5. The first-order valence-corrected chi connectivity index (χ1v) is 6.84. The summed E-state index contributed by atoms with van der Waals surface area (Å²) < 4.78 is 10.9. The minimum Gasteiger partial charge on any atom is -0.444 e. The monoisotopic (exact) mass is 271 g/mol. The summed E-state index contributed by atoms with van der Waals surface area (Å²) in [6.45, 7) is 9.69. The summed E-state index contributed by atoms with van der Waals surface area (Å²) in [5, 5.41) is 2.68. The lowest BCUT2D eigenvalue weighted by atomic mass is 9.90. The van der Waals surface area contributed by atoms with E-state index in [-0.39, 0.29) is 23.9 Å². The van der Waals surface area contributed by atoms with Crippen molar-refractivity contribution < 1.29 is 19.1 Å². The molecule has 1 aliphatic heterocycles. The molecule has 0 unspecified atom stereocenters. The standard InChI is InChI=1S/C14H25NO4/c1-9-8-11(16)10(2)12(18-9)6-7-15-13(17)19-14(3,4)5/h9-10,12H,6-8H2,1-5H3,(H,15,17)/t9-,10+,12+/m1/s1. The van der Waals surface area contributed by atoms with E-state index in [9.17, 15) is 9.59 Å². The number of hydrogen-bond donors (Lipinski definition) is 1. The number of carbonyl (C=O) groups excluding carboxylic acids is 2. The Balaban J connectivity index is 2.32. The van der Waals surface area contributed by atoms with E-state index in [1.165, 1.54) is 0 Å². The molecule has 1 N–H and O–H groups in total. The normalized spacial score (nSPS) is 28.1. The Morgan fingerprint density at radius 1 is 1.42 bits per heavy atom. The van der Waals surface area contributed by atoms with E-state index in [0.29, 0.717) is 19.4 Å². The minimum atomic E-state index is -0.497. The number of ketones is 1. The third-order valence-corrected chi connectivity index (χ3v) is 3.06. The van der Waals surface area contributed by atoms with Crippen molar-refractivity contribution in [2.45, 2.75) is 65.3 Å². The molecule has 5 nitrogen and oxygen atoms in total. The number of rotatable bonds is 3. The molecule has 0 spiro atoms. The van der Waals surface area contributed by atoms with E-state index >= 15 is 0 Å². The van der Waals surface area contributed by atoms with Gasteiger partial charge in [-0.2, -0.15) is 0 Å². The van der Waals surface area contributed by atoms with Gasteiger partial charge in [-0.15, -0.1) is 0 Å². The molecule has 1 aliphatic rings. The summed E-state index contributed by atoms with van der Waals surface area (Å²) in [6, 6.07) is 0. The van der Waals surface area contributed by atoms with Gasteiger partial charge in [0.1, 0.15) is 11.4 Å². The Morgan fingerprint density at radius 3 is 2.63 bits per heavy atom. The number of ether oxygens (including phenoxy) is 2. The second-order valence-electron chi connectivity index (χ2n) is 6.16. The summed E-state index contributed by atoms with van der Waals surface area (Å²) in [4.78, 5) is 23.2. The number of carbonyl (C=O) groups is 2. The second-order valence-corrected chi connectivity index (χ2v) is 6.16. The lowest BCUT2D eigenvalue weighted by Gasteiger charge is -2.32. The lowest BCUT2D eigenvalue weighted by Crippen LogP contribution is -2.41. The fraction of sp³-hybridized carbons (Fsp3) is 0.857. The summed E-state index contributed by atoms with van der Waals surface area (Å²) in [6.07, 6.45) is 0.518. The van der Waals surface area contributed by atoms with Crippen molar-refractivity contribution in [3.05, 3.63) is 0 Å². The molecular weight excluding hydrogens is 246 g/mol. The van der Waals surface area contributed by atoms with Crippen LogP contribution in [-0.2, 0) is 14.3 Å². The van der Waals surface area contributed by atoms with Crippen molar-refractivity contribution in [1.82, 2.24) is 5.32 Å². The van der Waals surface area contributed by atoms with Crippen molar-refractivity contribution in [2.75, 3.05) is 6.54 Å². The number of Topliss-reactive ketones (excluding diaryl/α,β-unsaturated/α-hetero) is 1. The van der Waals surface area contributed by atoms with E-state index < -0.39 is 11.7 Å². The third kappa shape index (κ3) is 5.59. The number of alkyl carbamates (subject to hydrolysis) is 1. The molecule has 0 aromatic carbocycles. The van der Waals surface area contributed by atoms with Crippen LogP contribution in [0.4, 0.5) is 4.79 Å². The van der Waals surface area contributed by atoms with Crippen LogP contribution in [-0.4, -0.2) is 36.2 Å². The molecule has 1 heterocycles. The summed E-state index contributed by atoms with van der Waals surface area (Å²) in [5.41, 5.74) is -0.497. The van der Waals surface area contributed by atoms with Crippen molar-refractivity contribution in [3.8, 4) is 0 Å². The van der Waals surface area contributed by atoms with Crippen LogP contribution < -0.4 is 5.32 Å². The molecule has 0 aromatic heterocycles. The minimum absolute atomic E-state index is 0.0322. The highest BCUT2D eigenvalue weighted by Gasteiger charge is 2.32. The average Bonchev–Trinajstić information content (AvgIpc) is 2.22. The van der Waals surface area contributed by atoms with Crippen LogP contribution in [0.5, 0.6) is 0 Å². The van der Waals surface area contributed by atoms with Gasteiger partial charge in [-0.1, -0.05) is 6.92 Å². The molecule has 1 amide bonds. The predicted octanol–water partition coefficient (Wildman–Crippen LogP) is 2.28. The fourth-order valence-corrected chi connectivity index (χ4v) is 2.09. The van der Waals surface area contributed by atoms with Gasteiger partial charge in [0.2, 0.25) is 0 Å². The SMILES string of the molecule is C[C@@H]1CC(=O)[C@H](C)[C@H](CCNC(=O)OC(C)(C)C)O1. The van der Waals surface area contributed by atoms with Gasteiger partial charge in [-0.05, 0) is 34.1 Å². The molecule has 0 radical (unpaired) electrons. The topological polar surface area (TPSA) is 64.6 Å². The Kier molecular flexibility index (Phi) is 5.35. The molecule has 19 heavy (non-hydrogen) atoms. The predicted molar refractivity (Wildman–Crippen MR) is 72.0 cm³/mol. The number of nitrogens with one attached hydrogen (secondary N) is 1. The first kappa shape index (κ1) is 16.0. The Morgan fingerprint density at radius 2 is 2.05 bits per heavy atom. The van der Waals surface area contributed by atoms with Crippen molar-refractivity contribution in [2.24, 2.45) is 5.92 Å². The van der Waals surface area contributed by atoms with Gasteiger partial charge in [-0.3, -0.25) is 4.79 Å². The van der Waals surface area contributed by atoms with Gasteiger partial charge >= 0.3 is 6.09 Å². The van der Waals surface area contributed by atoms with Gasteiger partial charge in [-0.25, -0.2) is 4.79 Å². The van der Waals surface area contributed by atoms with Gasteiger partial charge in [0, 0.05) is 18.9 Å². The Bertz CT molecular complexity index is 335. The van der Waals surface area contributed by atoms with Gasteiger partial charge in [0.15, 0.2) is 0 Å². The van der Waals surface area contributed by atoms with Crippen LogP contribution in [0.15, 0.2) is 0 Å². The lowest BCUT2D eigenvalue weighted by molar-refractivity contribution is -0.143. The maximum Gasteiger partial charge on any atom is 0.407 e. The molecule has 1 saturated heterocycles. The molecule has 110 valence electrons. The number of hydrogen-bond acceptors (Lipinski definition) is 4. The maximum atomic E-state index is 11.7. The van der Waals surface area contributed by atoms with E-state index in [4.69, 9.17) is 9.47 Å². The molecule has 3 atom stereocenters. The summed E-state index contributed by atoms with van der Waals surface area (Å²) >= 11 is 0. The first-order valence-electron chi connectivity index (χ1n) is 6.84. The Labute approximate surface area is 115 Å². The van der Waals surface area contributed by atoms with Gasteiger partial charge in [0.25, 0.3) is 0 Å². The molecule has 5 heteroatoms. The summed E-state index contributed by atoms with van der Waals surface area (Å²) in [5.74, 6) is 0.137. The molecule has 0 aromatic rings. The van der Waals surface area contributed by atoms with Gasteiger partial charge in [0.05, 0.1) is 12.2 Å². The molecule has 0 aliphatic carbocycles. The molecule has 0 saturated carbocycles. The van der Waals surface area contributed by atoms with Crippen LogP contribution >= 0.6 is 0 Å². The van der Waals surface area contributed by atoms with Crippen molar-refractivity contribution >= 4 is 11.9 Å². The van der Waals surface area contributed by atoms with E-state index in [0.717, 1.165) is 0 Å². The highest BCUT2D eigenvalue weighted by Crippen LogP contribution is 2.23. The van der Waals surface area contributed by atoms with Crippen LogP contribution in [0.3, 0.4) is 0 Å². The van der Waals surface area contributed by atoms with E-state index in [1.807, 2.05) is 34.6 Å². The van der Waals surface area contributed by atoms with Crippen LogP contribution in [0.2, 0.25) is 0 Å². The number of amides is 1. The highest BCUT2D eigenvalue weighted by molar-refractivity contribution is 5.82.